The molecule has 3 aromatic carbocycles. The summed E-state index contributed by atoms with van der Waals surface area (Å²) >= 11 is 0. The minimum atomic E-state index is -0.296. The van der Waals surface area contributed by atoms with Gasteiger partial charge >= 0.3 is 0 Å². The third-order valence-electron chi connectivity index (χ3n) is 5.51. The number of nitrogens with one attached hydrogen (secondary N) is 1. The predicted octanol–water partition coefficient (Wildman–Crippen LogP) is 6.27. The molecule has 4 aromatic rings. The summed E-state index contributed by atoms with van der Waals surface area (Å²) in [6.07, 6.45) is 2.33. The average molecular weight is 400 g/mol. The summed E-state index contributed by atoms with van der Waals surface area (Å²) in [5, 5.41) is 4.08. The van der Waals surface area contributed by atoms with E-state index >= 15 is 0 Å². The van der Waals surface area contributed by atoms with E-state index in [1.807, 2.05) is 49.4 Å². The molecule has 0 spiro atoms. The molecule has 3 nitrogen and oxygen atoms in total. The number of hydrogen-bond donors (Lipinski definition) is 1. The van der Waals surface area contributed by atoms with E-state index in [0.29, 0.717) is 0 Å². The van der Waals surface area contributed by atoms with Gasteiger partial charge in [0.2, 0.25) is 5.91 Å². The molecule has 4 heteroatoms. The summed E-state index contributed by atoms with van der Waals surface area (Å²) < 4.78 is 16.2. The van der Waals surface area contributed by atoms with Crippen molar-refractivity contribution >= 4 is 22.5 Å². The first-order chi connectivity index (χ1) is 14.5. The molecular weight excluding hydrogens is 375 g/mol. The van der Waals surface area contributed by atoms with E-state index in [0.717, 1.165) is 39.8 Å². The van der Waals surface area contributed by atoms with Crippen LogP contribution in [-0.4, -0.2) is 10.5 Å². The molecule has 0 aliphatic heterocycles. The van der Waals surface area contributed by atoms with Crippen LogP contribution in [0.15, 0.2) is 79.0 Å². The van der Waals surface area contributed by atoms with Crippen LogP contribution in [-0.2, 0) is 11.3 Å². The average Bonchev–Trinajstić information content (AvgIpc) is 3.12. The molecule has 0 aliphatic carbocycles. The number of nitrogens with zero attached hydrogens (tertiary/aromatic N) is 1. The Morgan fingerprint density at radius 1 is 1.03 bits per heavy atom. The third kappa shape index (κ3) is 4.13. The lowest BCUT2D eigenvalue weighted by atomic mass is 9.88. The number of hydrogen-bond acceptors (Lipinski definition) is 1. The van der Waals surface area contributed by atoms with Gasteiger partial charge < -0.3 is 9.88 Å². The van der Waals surface area contributed by atoms with Crippen LogP contribution in [0.1, 0.15) is 36.0 Å². The second-order valence-corrected chi connectivity index (χ2v) is 7.61. The number of carbonyl (C=O) groups excluding carboxylic acids is 1. The van der Waals surface area contributed by atoms with Gasteiger partial charge in [-0.15, -0.1) is 0 Å². The topological polar surface area (TPSA) is 34.0 Å². The maximum Gasteiger partial charge on any atom is 0.225 e. The van der Waals surface area contributed by atoms with E-state index in [1.165, 1.54) is 12.1 Å². The summed E-state index contributed by atoms with van der Waals surface area (Å²) in [7, 11) is 0. The molecule has 1 heterocycles. The molecule has 30 heavy (non-hydrogen) atoms. The van der Waals surface area contributed by atoms with E-state index < -0.39 is 0 Å². The van der Waals surface area contributed by atoms with Gasteiger partial charge in [0.25, 0.3) is 0 Å². The van der Waals surface area contributed by atoms with Gasteiger partial charge in [-0.1, -0.05) is 48.0 Å². The first-order valence-electron chi connectivity index (χ1n) is 10.2. The Labute approximate surface area is 176 Å². The minimum Gasteiger partial charge on any atom is -0.347 e. The number of para-hydroxylation sites is 1. The highest BCUT2D eigenvalue weighted by molar-refractivity contribution is 5.93. The second kappa shape index (κ2) is 8.54. The SMILES string of the molecule is CCn1cc([C@@H](CC(=O)Nc2ccc(C)cc2)c2cccc(F)c2)c2ccccc21. The van der Waals surface area contributed by atoms with Crippen molar-refractivity contribution in [3.05, 3.63) is 102 Å². The highest BCUT2D eigenvalue weighted by atomic mass is 19.1. The maximum absolute atomic E-state index is 14.0. The van der Waals surface area contributed by atoms with Crippen molar-refractivity contribution in [2.45, 2.75) is 32.7 Å². The lowest BCUT2D eigenvalue weighted by Gasteiger charge is -2.17. The van der Waals surface area contributed by atoms with Crippen LogP contribution in [0.5, 0.6) is 0 Å². The lowest BCUT2D eigenvalue weighted by molar-refractivity contribution is -0.116. The molecule has 1 atom stereocenters. The van der Waals surface area contributed by atoms with Crippen LogP contribution in [0.2, 0.25) is 0 Å². The first-order valence-corrected chi connectivity index (χ1v) is 10.2. The number of rotatable bonds is 6. The molecule has 1 aromatic heterocycles. The number of aryl methyl sites for hydroxylation is 2. The summed E-state index contributed by atoms with van der Waals surface area (Å²) in [6, 6.07) is 22.5. The van der Waals surface area contributed by atoms with Crippen LogP contribution >= 0.6 is 0 Å². The highest BCUT2D eigenvalue weighted by Gasteiger charge is 2.23. The Balaban J connectivity index is 1.72. The molecule has 152 valence electrons. The van der Waals surface area contributed by atoms with E-state index in [-0.39, 0.29) is 24.1 Å². The number of halogens is 1. The Morgan fingerprint density at radius 2 is 1.80 bits per heavy atom. The zero-order chi connectivity index (χ0) is 21.1. The van der Waals surface area contributed by atoms with Gasteiger partial charge in [0.05, 0.1) is 0 Å². The van der Waals surface area contributed by atoms with Crippen molar-refractivity contribution in [3.8, 4) is 0 Å². The van der Waals surface area contributed by atoms with Gasteiger partial charge in [-0.05, 0) is 55.3 Å². The molecular formula is C26H25FN2O. The number of benzene rings is 3. The van der Waals surface area contributed by atoms with Crippen LogP contribution in [0.25, 0.3) is 10.9 Å². The quantitative estimate of drug-likeness (QED) is 0.407. The summed E-state index contributed by atoms with van der Waals surface area (Å²) in [4.78, 5) is 12.9. The predicted molar refractivity (Wildman–Crippen MR) is 120 cm³/mol. The number of anilines is 1. The monoisotopic (exact) mass is 400 g/mol. The van der Waals surface area contributed by atoms with Crippen molar-refractivity contribution in [2.24, 2.45) is 0 Å². The molecule has 0 unspecified atom stereocenters. The first kappa shape index (κ1) is 19.9. The Bertz CT molecular complexity index is 1180. The number of amides is 1. The summed E-state index contributed by atoms with van der Waals surface area (Å²) in [6.45, 7) is 4.93. The largest absolute Gasteiger partial charge is 0.347 e. The Morgan fingerprint density at radius 3 is 2.53 bits per heavy atom. The molecule has 0 saturated carbocycles. The molecule has 1 amide bonds. The zero-order valence-electron chi connectivity index (χ0n) is 17.2. The fourth-order valence-electron chi connectivity index (χ4n) is 3.98. The van der Waals surface area contributed by atoms with E-state index in [1.54, 1.807) is 6.07 Å². The fourth-order valence-corrected chi connectivity index (χ4v) is 3.98. The van der Waals surface area contributed by atoms with Gasteiger partial charge in [-0.25, -0.2) is 4.39 Å². The molecule has 0 radical (unpaired) electrons. The van der Waals surface area contributed by atoms with Crippen LogP contribution < -0.4 is 5.32 Å². The van der Waals surface area contributed by atoms with E-state index in [2.05, 4.69) is 35.1 Å². The lowest BCUT2D eigenvalue weighted by Crippen LogP contribution is -2.16. The van der Waals surface area contributed by atoms with Gasteiger partial charge in [-0.2, -0.15) is 0 Å². The second-order valence-electron chi connectivity index (χ2n) is 7.61. The summed E-state index contributed by atoms with van der Waals surface area (Å²) in [5.41, 5.74) is 4.86. The fraction of sp³-hybridized carbons (Fsp3) is 0.192. The standard InChI is InChI=1S/C26H25FN2O/c1-3-29-17-24(22-9-4-5-10-25(22)29)23(19-7-6-8-20(27)15-19)16-26(30)28-21-13-11-18(2)12-14-21/h4-15,17,23H,3,16H2,1-2H3,(H,28,30)/t23-/m0/s1. The van der Waals surface area contributed by atoms with E-state index in [4.69, 9.17) is 0 Å². The molecule has 1 N–H and O–H groups in total. The smallest absolute Gasteiger partial charge is 0.225 e. The molecule has 0 saturated heterocycles. The molecule has 4 rings (SSSR count). The molecule has 0 aliphatic rings. The number of carbonyl (C=O) groups is 1. The van der Waals surface area contributed by atoms with Crippen LogP contribution in [0.4, 0.5) is 10.1 Å². The van der Waals surface area contributed by atoms with Crippen LogP contribution in [0.3, 0.4) is 0 Å². The normalized spacial score (nSPS) is 12.1. The van der Waals surface area contributed by atoms with Crippen molar-refractivity contribution in [1.82, 2.24) is 4.57 Å². The van der Waals surface area contributed by atoms with Crippen LogP contribution in [0, 0.1) is 12.7 Å². The number of fused-ring (bicyclic) bond motifs is 1. The zero-order valence-corrected chi connectivity index (χ0v) is 17.2. The van der Waals surface area contributed by atoms with Gasteiger partial charge in [-0.3, -0.25) is 4.79 Å². The van der Waals surface area contributed by atoms with Gasteiger partial charge in [0, 0.05) is 41.7 Å². The van der Waals surface area contributed by atoms with Gasteiger partial charge in [0.15, 0.2) is 0 Å². The number of aromatic nitrogens is 1. The third-order valence-corrected chi connectivity index (χ3v) is 5.51. The Hall–Kier alpha value is -3.40. The highest BCUT2D eigenvalue weighted by Crippen LogP contribution is 2.35. The molecule has 0 bridgehead atoms. The van der Waals surface area contributed by atoms with Crippen molar-refractivity contribution in [1.29, 1.82) is 0 Å². The van der Waals surface area contributed by atoms with Gasteiger partial charge in [0.1, 0.15) is 5.82 Å². The maximum atomic E-state index is 14.0. The summed E-state index contributed by atoms with van der Waals surface area (Å²) in [5.74, 6) is -0.638. The van der Waals surface area contributed by atoms with Crippen molar-refractivity contribution in [2.75, 3.05) is 5.32 Å². The van der Waals surface area contributed by atoms with E-state index in [9.17, 15) is 9.18 Å². The molecule has 0 fully saturated rings. The Kier molecular flexibility index (Phi) is 5.66. The van der Waals surface area contributed by atoms with Crippen molar-refractivity contribution in [3.63, 3.8) is 0 Å². The van der Waals surface area contributed by atoms with Crippen molar-refractivity contribution < 1.29 is 9.18 Å². The minimum absolute atomic E-state index is 0.0959.